The molecule has 0 amide bonds. The average molecular weight is 515 g/mol. The highest BCUT2D eigenvalue weighted by atomic mass is 35.5. The number of carboxylic acids is 1. The maximum atomic E-state index is 11.4. The third-order valence-electron chi connectivity index (χ3n) is 6.45. The van der Waals surface area contributed by atoms with Gasteiger partial charge in [0.15, 0.2) is 0 Å². The molecule has 1 saturated heterocycles. The van der Waals surface area contributed by atoms with Crippen molar-refractivity contribution in [1.82, 2.24) is 9.88 Å². The van der Waals surface area contributed by atoms with Crippen LogP contribution in [0.5, 0.6) is 0 Å². The molecule has 3 atom stereocenters. The van der Waals surface area contributed by atoms with Gasteiger partial charge in [0.2, 0.25) is 0 Å². The van der Waals surface area contributed by atoms with Crippen LogP contribution in [0.3, 0.4) is 0 Å². The lowest BCUT2D eigenvalue weighted by Crippen LogP contribution is -2.43. The maximum absolute atomic E-state index is 11.4. The molecule has 6 nitrogen and oxygen atoms in total. The molecule has 2 N–H and O–H groups in total. The van der Waals surface area contributed by atoms with Gasteiger partial charge < -0.3 is 14.9 Å². The number of aromatic nitrogens is 1. The Kier molecular flexibility index (Phi) is 8.42. The summed E-state index contributed by atoms with van der Waals surface area (Å²) in [5.74, 6) is -0.931. The molecule has 0 saturated carbocycles. The van der Waals surface area contributed by atoms with E-state index < -0.39 is 12.1 Å². The number of aliphatic hydroxyl groups is 1. The van der Waals surface area contributed by atoms with Gasteiger partial charge in [-0.2, -0.15) is 0 Å². The summed E-state index contributed by atoms with van der Waals surface area (Å²) >= 11 is 12.2. The number of likely N-dealkylation sites (tertiary alicyclic amines) is 1. The number of carbonyl (C=O) groups is 1. The van der Waals surface area contributed by atoms with Crippen molar-refractivity contribution in [3.8, 4) is 0 Å². The van der Waals surface area contributed by atoms with E-state index in [9.17, 15) is 15.0 Å². The van der Waals surface area contributed by atoms with E-state index in [1.54, 1.807) is 24.3 Å². The van der Waals surface area contributed by atoms with Crippen LogP contribution in [0.4, 0.5) is 0 Å². The summed E-state index contributed by atoms with van der Waals surface area (Å²) in [5, 5.41) is 20.0. The van der Waals surface area contributed by atoms with Crippen molar-refractivity contribution in [1.29, 1.82) is 0 Å². The Bertz CT molecular complexity index is 1150. The molecule has 2 aromatic carbocycles. The number of aryl methyl sites for hydroxylation is 1. The third kappa shape index (κ3) is 6.21. The average Bonchev–Trinajstić information content (AvgIpc) is 2.83. The van der Waals surface area contributed by atoms with Gasteiger partial charge in [0.1, 0.15) is 16.4 Å². The Labute approximate surface area is 215 Å². The van der Waals surface area contributed by atoms with E-state index >= 15 is 0 Å². The van der Waals surface area contributed by atoms with Crippen LogP contribution in [-0.2, 0) is 11.3 Å². The minimum atomic E-state index is -0.931. The molecule has 1 fully saturated rings. The maximum Gasteiger partial charge on any atom is 0.335 e. The van der Waals surface area contributed by atoms with Crippen LogP contribution in [0.1, 0.15) is 57.6 Å². The molecule has 1 aliphatic rings. The summed E-state index contributed by atoms with van der Waals surface area (Å²) in [6, 6.07) is 18.7. The number of ether oxygens (including phenoxy) is 1. The number of piperidine rings is 1. The summed E-state index contributed by atoms with van der Waals surface area (Å²) in [6.45, 7) is 3.25. The number of pyridine rings is 1. The zero-order chi connectivity index (χ0) is 24.9. The molecular formula is C27H28Cl2N2O4. The highest BCUT2D eigenvalue weighted by Gasteiger charge is 2.35. The van der Waals surface area contributed by atoms with Crippen LogP contribution in [0, 0.1) is 6.92 Å². The monoisotopic (exact) mass is 514 g/mol. The van der Waals surface area contributed by atoms with E-state index in [4.69, 9.17) is 27.9 Å². The summed E-state index contributed by atoms with van der Waals surface area (Å²) < 4.78 is 6.54. The second kappa shape index (κ2) is 11.5. The Morgan fingerprint density at radius 1 is 1.14 bits per heavy atom. The Hall–Kier alpha value is -2.48. The van der Waals surface area contributed by atoms with Crippen LogP contribution in [-0.4, -0.2) is 45.3 Å². The van der Waals surface area contributed by atoms with Gasteiger partial charge in [0, 0.05) is 6.54 Å². The molecule has 1 aliphatic heterocycles. The number of nitrogens with zero attached hydrogens (tertiary/aromatic N) is 2. The highest BCUT2D eigenvalue weighted by Crippen LogP contribution is 2.38. The van der Waals surface area contributed by atoms with E-state index in [2.05, 4.69) is 22.0 Å². The van der Waals surface area contributed by atoms with Gasteiger partial charge in [0.25, 0.3) is 0 Å². The van der Waals surface area contributed by atoms with Crippen LogP contribution >= 0.6 is 23.2 Å². The van der Waals surface area contributed by atoms with Gasteiger partial charge >= 0.3 is 5.97 Å². The Morgan fingerprint density at radius 3 is 2.49 bits per heavy atom. The molecule has 0 spiro atoms. The second-order valence-corrected chi connectivity index (χ2v) is 9.58. The molecule has 184 valence electrons. The highest BCUT2D eigenvalue weighted by molar-refractivity contribution is 6.32. The normalized spacial score (nSPS) is 19.4. The number of hydrogen-bond donors (Lipinski definition) is 2. The van der Waals surface area contributed by atoms with Gasteiger partial charge in [-0.3, -0.25) is 4.90 Å². The predicted octanol–water partition coefficient (Wildman–Crippen LogP) is 5.85. The minimum absolute atomic E-state index is 0.0506. The first-order valence-corrected chi connectivity index (χ1v) is 12.3. The van der Waals surface area contributed by atoms with Gasteiger partial charge in [0.05, 0.1) is 24.3 Å². The number of hydrogen-bond acceptors (Lipinski definition) is 5. The van der Waals surface area contributed by atoms with Crippen molar-refractivity contribution in [2.75, 3.05) is 13.2 Å². The second-order valence-electron chi connectivity index (χ2n) is 8.81. The van der Waals surface area contributed by atoms with E-state index in [1.807, 2.05) is 31.2 Å². The van der Waals surface area contributed by atoms with E-state index in [0.717, 1.165) is 36.1 Å². The summed E-state index contributed by atoms with van der Waals surface area (Å²) in [4.78, 5) is 17.7. The lowest BCUT2D eigenvalue weighted by Gasteiger charge is -2.43. The molecule has 35 heavy (non-hydrogen) atoms. The van der Waals surface area contributed by atoms with Gasteiger partial charge in [-0.25, -0.2) is 9.78 Å². The lowest BCUT2D eigenvalue weighted by molar-refractivity contribution is -0.100. The van der Waals surface area contributed by atoms with Crippen molar-refractivity contribution in [2.45, 2.75) is 44.6 Å². The number of rotatable bonds is 8. The van der Waals surface area contributed by atoms with Gasteiger partial charge in [-0.15, -0.1) is 0 Å². The molecule has 0 aliphatic carbocycles. The molecular weight excluding hydrogens is 487 g/mol. The molecule has 0 unspecified atom stereocenters. The zero-order valence-corrected chi connectivity index (χ0v) is 20.9. The topological polar surface area (TPSA) is 82.9 Å². The lowest BCUT2D eigenvalue weighted by atomic mass is 9.91. The quantitative estimate of drug-likeness (QED) is 0.366. The first kappa shape index (κ1) is 25.6. The first-order valence-electron chi connectivity index (χ1n) is 11.6. The van der Waals surface area contributed by atoms with Crippen molar-refractivity contribution in [3.05, 3.63) is 98.8 Å². The summed E-state index contributed by atoms with van der Waals surface area (Å²) in [5.41, 5.74) is 4.10. The zero-order valence-electron chi connectivity index (χ0n) is 19.4. The van der Waals surface area contributed by atoms with Crippen LogP contribution < -0.4 is 0 Å². The number of aromatic carboxylic acids is 1. The van der Waals surface area contributed by atoms with Gasteiger partial charge in [-0.05, 0) is 72.8 Å². The summed E-state index contributed by atoms with van der Waals surface area (Å²) in [6.07, 6.45) is 0.972. The molecule has 3 aromatic rings. The number of aliphatic hydroxyl groups excluding tert-OH is 1. The summed E-state index contributed by atoms with van der Waals surface area (Å²) in [7, 11) is 0. The van der Waals surface area contributed by atoms with Crippen molar-refractivity contribution < 1.29 is 19.7 Å². The third-order valence-corrected chi connectivity index (χ3v) is 6.83. The largest absolute Gasteiger partial charge is 0.478 e. The molecule has 2 heterocycles. The van der Waals surface area contributed by atoms with Crippen LogP contribution in [0.15, 0.2) is 60.7 Å². The van der Waals surface area contributed by atoms with E-state index in [1.165, 1.54) is 0 Å². The fourth-order valence-corrected chi connectivity index (χ4v) is 5.23. The number of benzene rings is 2. The molecule has 0 radical (unpaired) electrons. The van der Waals surface area contributed by atoms with Crippen molar-refractivity contribution in [3.63, 3.8) is 0 Å². The fraction of sp³-hybridized carbons (Fsp3) is 0.333. The van der Waals surface area contributed by atoms with Crippen LogP contribution in [0.2, 0.25) is 10.3 Å². The first-order chi connectivity index (χ1) is 16.9. The standard InChI is InChI=1S/C27H28Cl2N2O4/c1-17-12-19(27(33)34)9-10-20(17)15-31-11-5-8-22(26(31)18-6-3-2-4-7-18)35-23(16-32)21-13-24(28)30-25(29)14-21/h2-4,6-7,9-10,12-14,22-23,26,32H,5,8,11,15-16H2,1H3,(H,33,34)/t22-,23+,26-/m0/s1. The molecule has 0 bridgehead atoms. The Balaban J connectivity index is 1.63. The predicted molar refractivity (Wildman–Crippen MR) is 136 cm³/mol. The Morgan fingerprint density at radius 2 is 1.86 bits per heavy atom. The van der Waals surface area contributed by atoms with Crippen molar-refractivity contribution in [2.24, 2.45) is 0 Å². The molecule has 8 heteroatoms. The molecule has 4 rings (SSSR count). The van der Waals surface area contributed by atoms with Crippen LogP contribution in [0.25, 0.3) is 0 Å². The molecule has 1 aromatic heterocycles. The SMILES string of the molecule is Cc1cc(C(=O)O)ccc1CN1CCC[C@H](O[C@H](CO)c2cc(Cl)nc(Cl)c2)[C@@H]1c1ccccc1. The fourth-order valence-electron chi connectivity index (χ4n) is 4.76. The minimum Gasteiger partial charge on any atom is -0.478 e. The van der Waals surface area contributed by atoms with Gasteiger partial charge in [-0.1, -0.05) is 59.6 Å². The van der Waals surface area contributed by atoms with Crippen molar-refractivity contribution >= 4 is 29.2 Å². The smallest absolute Gasteiger partial charge is 0.335 e. The number of halogens is 2. The van der Waals surface area contributed by atoms with E-state index in [0.29, 0.717) is 12.1 Å². The van der Waals surface area contributed by atoms with E-state index in [-0.39, 0.29) is 34.6 Å². The number of carboxylic acid groups (broad SMARTS) is 1.